The molecule has 128 valence electrons. The Morgan fingerprint density at radius 1 is 1.29 bits per heavy atom. The monoisotopic (exact) mass is 344 g/mol. The first-order valence-corrected chi connectivity index (χ1v) is 8.86. The van der Waals surface area contributed by atoms with Crippen LogP contribution in [0, 0.1) is 0 Å². The minimum atomic E-state index is -0.0905. The third kappa shape index (κ3) is 5.51. The van der Waals surface area contributed by atoms with Gasteiger partial charge in [0.1, 0.15) is 5.75 Å². The third-order valence-electron chi connectivity index (χ3n) is 3.58. The normalized spacial score (nSPS) is 12.5. The van der Waals surface area contributed by atoms with E-state index < -0.39 is 0 Å². The molecule has 0 spiro atoms. The van der Waals surface area contributed by atoms with Gasteiger partial charge in [-0.25, -0.2) is 0 Å². The van der Waals surface area contributed by atoms with Crippen LogP contribution in [-0.2, 0) is 4.79 Å². The highest BCUT2D eigenvalue weighted by Gasteiger charge is 2.15. The van der Waals surface area contributed by atoms with Gasteiger partial charge in [0.15, 0.2) is 0 Å². The quantitative estimate of drug-likeness (QED) is 0.744. The smallest absolute Gasteiger partial charge is 0.244 e. The van der Waals surface area contributed by atoms with Gasteiger partial charge in [0.25, 0.3) is 0 Å². The molecule has 1 heterocycles. The first-order valence-electron chi connectivity index (χ1n) is 7.98. The van der Waals surface area contributed by atoms with E-state index in [4.69, 9.17) is 4.74 Å². The second-order valence-corrected chi connectivity index (χ2v) is 6.55. The van der Waals surface area contributed by atoms with Crippen molar-refractivity contribution >= 4 is 23.3 Å². The Morgan fingerprint density at radius 3 is 2.62 bits per heavy atom. The molecule has 0 saturated carbocycles. The van der Waals surface area contributed by atoms with Gasteiger partial charge >= 0.3 is 0 Å². The van der Waals surface area contributed by atoms with Crippen molar-refractivity contribution in [3.63, 3.8) is 0 Å². The topological polar surface area (TPSA) is 41.6 Å². The number of hydrogen-bond donors (Lipinski definition) is 1. The molecular weight excluding hydrogens is 320 g/mol. The van der Waals surface area contributed by atoms with Crippen LogP contribution < -0.4 is 10.1 Å². The average Bonchev–Trinajstić information content (AvgIpc) is 3.08. The second-order valence-electron chi connectivity index (χ2n) is 5.58. The zero-order valence-corrected chi connectivity index (χ0v) is 15.2. The molecule has 24 heavy (non-hydrogen) atoms. The van der Waals surface area contributed by atoms with Gasteiger partial charge in [0, 0.05) is 17.5 Å². The molecule has 0 bridgehead atoms. The number of hydrogen-bond acceptors (Lipinski definition) is 4. The van der Waals surface area contributed by atoms with Gasteiger partial charge < -0.3 is 15.0 Å². The van der Waals surface area contributed by atoms with Crippen LogP contribution in [0.15, 0.2) is 47.9 Å². The van der Waals surface area contributed by atoms with E-state index in [0.717, 1.165) is 11.3 Å². The molecule has 2 rings (SSSR count). The molecule has 1 amide bonds. The van der Waals surface area contributed by atoms with Crippen molar-refractivity contribution in [3.8, 4) is 5.75 Å². The Hall–Kier alpha value is -2.11. The highest BCUT2D eigenvalue weighted by atomic mass is 32.1. The van der Waals surface area contributed by atoms with E-state index in [-0.39, 0.29) is 11.9 Å². The fourth-order valence-electron chi connectivity index (χ4n) is 2.29. The minimum Gasteiger partial charge on any atom is -0.494 e. The highest BCUT2D eigenvalue weighted by Crippen LogP contribution is 2.22. The lowest BCUT2D eigenvalue weighted by atomic mass is 10.2. The van der Waals surface area contributed by atoms with Crippen molar-refractivity contribution in [3.05, 3.63) is 58.3 Å². The molecular formula is C19H24N2O2S. The maximum atomic E-state index is 12.0. The molecule has 0 aliphatic carbocycles. The van der Waals surface area contributed by atoms with E-state index >= 15 is 0 Å². The number of ether oxygens (including phenoxy) is 1. The summed E-state index contributed by atoms with van der Waals surface area (Å²) in [5.74, 6) is 0.746. The molecule has 1 aromatic carbocycles. The molecule has 0 aliphatic rings. The van der Waals surface area contributed by atoms with E-state index in [9.17, 15) is 4.79 Å². The van der Waals surface area contributed by atoms with Crippen molar-refractivity contribution < 1.29 is 9.53 Å². The number of likely N-dealkylation sites (N-methyl/N-ethyl adjacent to an activating group) is 1. The van der Waals surface area contributed by atoms with Gasteiger partial charge in [-0.2, -0.15) is 0 Å². The number of nitrogens with zero attached hydrogens (tertiary/aromatic N) is 1. The third-order valence-corrected chi connectivity index (χ3v) is 4.56. The average molecular weight is 344 g/mol. The summed E-state index contributed by atoms with van der Waals surface area (Å²) in [4.78, 5) is 15.4. The van der Waals surface area contributed by atoms with Gasteiger partial charge in [0.2, 0.25) is 5.91 Å². The van der Waals surface area contributed by atoms with Gasteiger partial charge in [0.05, 0.1) is 12.6 Å². The van der Waals surface area contributed by atoms with Gasteiger partial charge in [-0.05, 0) is 56.2 Å². The van der Waals surface area contributed by atoms with Crippen LogP contribution in [0.3, 0.4) is 0 Å². The Kier molecular flexibility index (Phi) is 7.03. The minimum absolute atomic E-state index is 0.0905. The van der Waals surface area contributed by atoms with Crippen molar-refractivity contribution in [2.75, 3.05) is 27.2 Å². The molecule has 0 fully saturated rings. The zero-order chi connectivity index (χ0) is 17.4. The Morgan fingerprint density at radius 2 is 2.04 bits per heavy atom. The van der Waals surface area contributed by atoms with Crippen LogP contribution >= 0.6 is 11.3 Å². The Balaban J connectivity index is 1.87. The Labute approximate surface area is 147 Å². The SMILES string of the molecule is CCOc1ccc(/C=C/C(=O)NCC(c2cccs2)N(C)C)cc1. The molecule has 0 radical (unpaired) electrons. The van der Waals surface area contributed by atoms with Gasteiger partial charge in [-0.1, -0.05) is 18.2 Å². The fraction of sp³-hybridized carbons (Fsp3) is 0.316. The van der Waals surface area contributed by atoms with Crippen LogP contribution in [0.5, 0.6) is 5.75 Å². The van der Waals surface area contributed by atoms with Crippen LogP contribution in [0.25, 0.3) is 6.08 Å². The molecule has 2 aromatic rings. The molecule has 4 nitrogen and oxygen atoms in total. The number of thiophene rings is 1. The van der Waals surface area contributed by atoms with Gasteiger partial charge in [-0.15, -0.1) is 11.3 Å². The Bertz CT molecular complexity index is 649. The summed E-state index contributed by atoms with van der Waals surface area (Å²) in [6.07, 6.45) is 3.37. The number of amides is 1. The number of carbonyl (C=O) groups excluding carboxylic acids is 1. The lowest BCUT2D eigenvalue weighted by Gasteiger charge is -2.23. The molecule has 1 unspecified atom stereocenters. The van der Waals surface area contributed by atoms with Gasteiger partial charge in [-0.3, -0.25) is 4.79 Å². The summed E-state index contributed by atoms with van der Waals surface area (Å²) in [6, 6.07) is 12.0. The predicted molar refractivity (Wildman–Crippen MR) is 100 cm³/mol. The van der Waals surface area contributed by atoms with E-state index in [2.05, 4.69) is 21.7 Å². The highest BCUT2D eigenvalue weighted by molar-refractivity contribution is 7.10. The van der Waals surface area contributed by atoms with Crippen molar-refractivity contribution in [2.24, 2.45) is 0 Å². The fourth-order valence-corrected chi connectivity index (χ4v) is 3.21. The summed E-state index contributed by atoms with van der Waals surface area (Å²) in [5.41, 5.74) is 0.969. The molecule has 1 N–H and O–H groups in total. The zero-order valence-electron chi connectivity index (χ0n) is 14.4. The first kappa shape index (κ1) is 18.2. The maximum absolute atomic E-state index is 12.0. The first-order chi connectivity index (χ1) is 11.6. The lowest BCUT2D eigenvalue weighted by Crippen LogP contribution is -2.33. The van der Waals surface area contributed by atoms with E-state index in [1.165, 1.54) is 4.88 Å². The molecule has 0 aliphatic heterocycles. The summed E-state index contributed by atoms with van der Waals surface area (Å²) < 4.78 is 5.40. The maximum Gasteiger partial charge on any atom is 0.244 e. The van der Waals surface area contributed by atoms with Crippen LogP contribution in [0.4, 0.5) is 0 Å². The number of rotatable bonds is 8. The lowest BCUT2D eigenvalue weighted by molar-refractivity contribution is -0.116. The number of carbonyl (C=O) groups is 1. The van der Waals surface area contributed by atoms with Crippen LogP contribution in [-0.4, -0.2) is 38.1 Å². The standard InChI is InChI=1S/C19H24N2O2S/c1-4-23-16-10-7-15(8-11-16)9-12-19(22)20-14-17(21(2)3)18-6-5-13-24-18/h5-13,17H,4,14H2,1-3H3,(H,20,22)/b12-9+. The van der Waals surface area contributed by atoms with E-state index in [1.807, 2.05) is 51.4 Å². The predicted octanol–water partition coefficient (Wildman–Crippen LogP) is 3.58. The van der Waals surface area contributed by atoms with Crippen molar-refractivity contribution in [1.82, 2.24) is 10.2 Å². The number of nitrogens with one attached hydrogen (secondary N) is 1. The summed E-state index contributed by atoms with van der Waals surface area (Å²) in [7, 11) is 4.04. The largest absolute Gasteiger partial charge is 0.494 e. The van der Waals surface area contributed by atoms with Crippen molar-refractivity contribution in [1.29, 1.82) is 0 Å². The summed E-state index contributed by atoms with van der Waals surface area (Å²) in [5, 5.41) is 5.02. The van der Waals surface area contributed by atoms with Crippen molar-refractivity contribution in [2.45, 2.75) is 13.0 Å². The summed E-state index contributed by atoms with van der Waals surface area (Å²) in [6.45, 7) is 3.18. The molecule has 5 heteroatoms. The molecule has 0 saturated heterocycles. The van der Waals surface area contributed by atoms with Crippen LogP contribution in [0.2, 0.25) is 0 Å². The van der Waals surface area contributed by atoms with E-state index in [0.29, 0.717) is 13.2 Å². The summed E-state index contributed by atoms with van der Waals surface area (Å²) >= 11 is 1.70. The number of benzene rings is 1. The van der Waals surface area contributed by atoms with E-state index in [1.54, 1.807) is 23.5 Å². The molecule has 1 atom stereocenters. The second kappa shape index (κ2) is 9.25. The molecule has 1 aromatic heterocycles. The van der Waals surface area contributed by atoms with Crippen LogP contribution in [0.1, 0.15) is 23.4 Å².